The van der Waals surface area contributed by atoms with Gasteiger partial charge < -0.3 is 4.74 Å². The van der Waals surface area contributed by atoms with Gasteiger partial charge in [0.05, 0.1) is 6.61 Å². The molecule has 0 rings (SSSR count). The molecule has 5 heteroatoms. The lowest BCUT2D eigenvalue weighted by molar-refractivity contribution is -0.141. The molecule has 0 saturated carbocycles. The van der Waals surface area contributed by atoms with Crippen molar-refractivity contribution in [2.75, 3.05) is 12.4 Å². The van der Waals surface area contributed by atoms with Gasteiger partial charge in [-0.05, 0) is 5.75 Å². The summed E-state index contributed by atoms with van der Waals surface area (Å²) in [5, 5.41) is 0. The first kappa shape index (κ1) is 14.8. The number of Topliss-reactive ketones (excluding diaryl/α,β-unsaturated/α-hetero) is 1. The topological polar surface area (TPSA) is 43.4 Å². The molecule has 0 amide bonds. The Bertz CT molecular complexity index is 233. The quantitative estimate of drug-likeness (QED) is 0.516. The minimum Gasteiger partial charge on any atom is -0.466 e. The summed E-state index contributed by atoms with van der Waals surface area (Å²) in [6.07, 6.45) is 0.760. The van der Waals surface area contributed by atoms with Gasteiger partial charge in [0.15, 0.2) is 9.99 Å². The summed E-state index contributed by atoms with van der Waals surface area (Å²) in [6.45, 7) is 5.25. The summed E-state index contributed by atoms with van der Waals surface area (Å²) >= 11 is 7.58. The number of halogens is 1. The monoisotopic (exact) mass is 252 g/mol. The third-order valence-corrected chi connectivity index (χ3v) is 3.74. The molecule has 88 valence electrons. The van der Waals surface area contributed by atoms with Crippen molar-refractivity contribution in [3.05, 3.63) is 0 Å². The van der Waals surface area contributed by atoms with Gasteiger partial charge in [0, 0.05) is 19.8 Å². The molecule has 0 aliphatic carbocycles. The number of ketones is 1. The molecule has 3 nitrogen and oxygen atoms in total. The lowest BCUT2D eigenvalue weighted by Gasteiger charge is -2.23. The number of alkyl halides is 1. The van der Waals surface area contributed by atoms with Gasteiger partial charge in [0.25, 0.3) is 0 Å². The fourth-order valence-electron chi connectivity index (χ4n) is 1.11. The smallest absolute Gasteiger partial charge is 0.302 e. The highest BCUT2D eigenvalue weighted by Gasteiger charge is 2.34. The molecule has 0 saturated heterocycles. The van der Waals surface area contributed by atoms with Gasteiger partial charge in [-0.3, -0.25) is 9.59 Å². The molecule has 15 heavy (non-hydrogen) atoms. The van der Waals surface area contributed by atoms with Gasteiger partial charge in [-0.1, -0.05) is 25.4 Å². The third kappa shape index (κ3) is 5.42. The van der Waals surface area contributed by atoms with Crippen molar-refractivity contribution in [1.29, 1.82) is 0 Å². The predicted octanol–water partition coefficient (Wildman–Crippen LogP) is 2.61. The maximum atomic E-state index is 11.6. The van der Waals surface area contributed by atoms with Crippen molar-refractivity contribution in [3.8, 4) is 0 Å². The SMILES string of the molecule is CCSC(Cl)(CCOC(C)=O)C(=O)CC. The van der Waals surface area contributed by atoms with Gasteiger partial charge in [-0.25, -0.2) is 0 Å². The van der Waals surface area contributed by atoms with E-state index in [0.717, 1.165) is 5.75 Å². The molecule has 1 atom stereocenters. The van der Waals surface area contributed by atoms with Crippen LogP contribution in [0.4, 0.5) is 0 Å². The second kappa shape index (κ2) is 7.12. The van der Waals surface area contributed by atoms with Gasteiger partial charge in [0.1, 0.15) is 0 Å². The van der Waals surface area contributed by atoms with Crippen LogP contribution in [-0.4, -0.2) is 28.3 Å². The van der Waals surface area contributed by atoms with E-state index in [9.17, 15) is 9.59 Å². The first-order chi connectivity index (χ1) is 6.96. The highest BCUT2D eigenvalue weighted by atomic mass is 35.5. The van der Waals surface area contributed by atoms with Crippen molar-refractivity contribution < 1.29 is 14.3 Å². The third-order valence-electron chi connectivity index (χ3n) is 1.84. The molecule has 0 bridgehead atoms. The molecule has 0 heterocycles. The minimum absolute atomic E-state index is 0.0110. The first-order valence-electron chi connectivity index (χ1n) is 4.95. The maximum Gasteiger partial charge on any atom is 0.302 e. The van der Waals surface area contributed by atoms with E-state index in [0.29, 0.717) is 12.8 Å². The van der Waals surface area contributed by atoms with Crippen LogP contribution in [0.2, 0.25) is 0 Å². The van der Waals surface area contributed by atoms with Crippen LogP contribution in [0.25, 0.3) is 0 Å². The predicted molar refractivity (Wildman–Crippen MR) is 63.3 cm³/mol. The first-order valence-corrected chi connectivity index (χ1v) is 6.32. The number of rotatable bonds is 7. The number of thioether (sulfide) groups is 1. The maximum absolute atomic E-state index is 11.6. The molecular weight excluding hydrogens is 236 g/mol. The molecule has 0 spiro atoms. The van der Waals surface area contributed by atoms with Crippen molar-refractivity contribution in [3.63, 3.8) is 0 Å². The van der Waals surface area contributed by atoms with Crippen LogP contribution in [-0.2, 0) is 14.3 Å². The van der Waals surface area contributed by atoms with Gasteiger partial charge in [-0.2, -0.15) is 0 Å². The zero-order chi connectivity index (χ0) is 11.9. The Morgan fingerprint density at radius 1 is 1.40 bits per heavy atom. The number of esters is 1. The van der Waals surface area contributed by atoms with Crippen molar-refractivity contribution in [2.24, 2.45) is 0 Å². The van der Waals surface area contributed by atoms with Crippen molar-refractivity contribution in [2.45, 2.75) is 37.8 Å². The number of carbonyl (C=O) groups excluding carboxylic acids is 2. The summed E-state index contributed by atoms with van der Waals surface area (Å²) in [4.78, 5) is 22.2. The number of hydrogen-bond donors (Lipinski definition) is 0. The molecule has 0 N–H and O–H groups in total. The van der Waals surface area contributed by atoms with E-state index < -0.39 is 4.21 Å². The fourth-order valence-corrected chi connectivity index (χ4v) is 2.64. The van der Waals surface area contributed by atoms with Crippen LogP contribution >= 0.6 is 23.4 Å². The van der Waals surface area contributed by atoms with Crippen LogP contribution in [0, 0.1) is 0 Å². The van der Waals surface area contributed by atoms with Crippen molar-refractivity contribution >= 4 is 35.1 Å². The van der Waals surface area contributed by atoms with Crippen molar-refractivity contribution in [1.82, 2.24) is 0 Å². The van der Waals surface area contributed by atoms with Gasteiger partial charge in [0.2, 0.25) is 0 Å². The largest absolute Gasteiger partial charge is 0.466 e. The Hall–Kier alpha value is -0.220. The Morgan fingerprint density at radius 3 is 2.40 bits per heavy atom. The zero-order valence-electron chi connectivity index (χ0n) is 9.34. The van der Waals surface area contributed by atoms with Crippen LogP contribution in [0.3, 0.4) is 0 Å². The van der Waals surface area contributed by atoms with Crippen LogP contribution in [0.5, 0.6) is 0 Å². The number of ether oxygens (including phenoxy) is 1. The van der Waals surface area contributed by atoms with E-state index in [-0.39, 0.29) is 18.4 Å². The average molecular weight is 253 g/mol. The van der Waals surface area contributed by atoms with Gasteiger partial charge >= 0.3 is 5.97 Å². The lowest BCUT2D eigenvalue weighted by atomic mass is 10.2. The molecule has 0 fully saturated rings. The molecule has 0 aliphatic heterocycles. The summed E-state index contributed by atoms with van der Waals surface area (Å²) in [6, 6.07) is 0. The highest BCUT2D eigenvalue weighted by molar-refractivity contribution is 8.02. The average Bonchev–Trinajstić information content (AvgIpc) is 2.16. The molecule has 0 aromatic carbocycles. The van der Waals surface area contributed by atoms with Crippen LogP contribution in [0.1, 0.15) is 33.6 Å². The molecule has 1 unspecified atom stereocenters. The summed E-state index contributed by atoms with van der Waals surface area (Å²) < 4.78 is 3.86. The highest BCUT2D eigenvalue weighted by Crippen LogP contribution is 2.35. The zero-order valence-corrected chi connectivity index (χ0v) is 10.9. The standard InChI is InChI=1S/C10H17ClO3S/c1-4-9(13)10(11,15-5-2)6-7-14-8(3)12/h4-7H2,1-3H3. The lowest BCUT2D eigenvalue weighted by Crippen LogP contribution is -2.30. The minimum atomic E-state index is -0.932. The van der Waals surface area contributed by atoms with E-state index in [2.05, 4.69) is 0 Å². The second-order valence-corrected chi connectivity index (χ2v) is 5.46. The molecule has 0 aromatic heterocycles. The Kier molecular flexibility index (Phi) is 7.02. The van der Waals surface area contributed by atoms with E-state index >= 15 is 0 Å². The molecule has 0 radical (unpaired) electrons. The summed E-state index contributed by atoms with van der Waals surface area (Å²) in [5.74, 6) is 0.401. The Balaban J connectivity index is 4.24. The fraction of sp³-hybridized carbons (Fsp3) is 0.800. The van der Waals surface area contributed by atoms with E-state index in [4.69, 9.17) is 16.3 Å². The Morgan fingerprint density at radius 2 is 2.00 bits per heavy atom. The van der Waals surface area contributed by atoms with Crippen LogP contribution < -0.4 is 0 Å². The normalized spacial score (nSPS) is 14.4. The van der Waals surface area contributed by atoms with Gasteiger partial charge in [-0.15, -0.1) is 11.8 Å². The Labute approximate surface area is 99.9 Å². The number of carbonyl (C=O) groups is 2. The molecule has 0 aliphatic rings. The number of hydrogen-bond acceptors (Lipinski definition) is 4. The van der Waals surface area contributed by atoms with E-state index in [1.165, 1.54) is 18.7 Å². The van der Waals surface area contributed by atoms with E-state index in [1.54, 1.807) is 6.92 Å². The summed E-state index contributed by atoms with van der Waals surface area (Å²) in [7, 11) is 0. The second-order valence-electron chi connectivity index (χ2n) is 3.03. The molecular formula is C10H17ClO3S. The van der Waals surface area contributed by atoms with E-state index in [1.807, 2.05) is 6.92 Å². The summed E-state index contributed by atoms with van der Waals surface area (Å²) in [5.41, 5.74) is 0. The van der Waals surface area contributed by atoms with Crippen LogP contribution in [0.15, 0.2) is 0 Å². The molecule has 0 aromatic rings.